The molecule has 2 heterocycles. The minimum atomic E-state index is 0.471. The van der Waals surface area contributed by atoms with Gasteiger partial charge >= 0.3 is 0 Å². The zero-order chi connectivity index (χ0) is 19.9. The molecule has 0 aliphatic carbocycles. The lowest BCUT2D eigenvalue weighted by atomic mass is 10.2. The summed E-state index contributed by atoms with van der Waals surface area (Å²) in [6, 6.07) is 24.2. The van der Waals surface area contributed by atoms with E-state index in [-0.39, 0.29) is 0 Å². The highest BCUT2D eigenvalue weighted by molar-refractivity contribution is 7.80. The molecule has 2 N–H and O–H groups in total. The van der Waals surface area contributed by atoms with E-state index in [0.717, 1.165) is 27.4 Å². The average Bonchev–Trinajstić information content (AvgIpc) is 3.44. The number of para-hydroxylation sites is 1. The molecule has 2 aromatic carbocycles. The Hall–Kier alpha value is -3.29. The van der Waals surface area contributed by atoms with Crippen LogP contribution in [0.4, 0.5) is 0 Å². The number of hydrogen-bond acceptors (Lipinski definition) is 4. The van der Waals surface area contributed by atoms with Crippen LogP contribution < -0.4 is 10.7 Å². The Morgan fingerprint density at radius 1 is 1.03 bits per heavy atom. The lowest BCUT2D eigenvalue weighted by molar-refractivity contribution is 0.869. The van der Waals surface area contributed by atoms with E-state index in [1.165, 1.54) is 0 Å². The minimum absolute atomic E-state index is 0.471. The first-order valence-corrected chi connectivity index (χ1v) is 10.4. The summed E-state index contributed by atoms with van der Waals surface area (Å²) in [4.78, 5) is 1.09. The predicted molar refractivity (Wildman–Crippen MR) is 123 cm³/mol. The lowest BCUT2D eigenvalue weighted by Crippen LogP contribution is -2.31. The largest absolute Gasteiger partial charge is 0.357 e. The van der Waals surface area contributed by atoms with Crippen molar-refractivity contribution in [3.8, 4) is 16.3 Å². The number of thiocarbonyl (C=S) groups is 1. The summed E-state index contributed by atoms with van der Waals surface area (Å²) in [5, 5.41) is 14.7. The van der Waals surface area contributed by atoms with E-state index in [1.54, 1.807) is 17.6 Å². The Bertz CT molecular complexity index is 1090. The number of hydrogen-bond donors (Lipinski definition) is 2. The molecule has 4 aromatic rings. The number of benzene rings is 2. The maximum Gasteiger partial charge on any atom is 0.187 e. The maximum absolute atomic E-state index is 5.31. The lowest BCUT2D eigenvalue weighted by Gasteiger charge is -2.06. The molecule has 0 aliphatic heterocycles. The van der Waals surface area contributed by atoms with Crippen molar-refractivity contribution in [1.82, 2.24) is 20.5 Å². The molecule has 2 aromatic heterocycles. The third kappa shape index (κ3) is 4.96. The molecule has 0 radical (unpaired) electrons. The molecule has 5 nitrogen and oxygen atoms in total. The minimum Gasteiger partial charge on any atom is -0.357 e. The van der Waals surface area contributed by atoms with Gasteiger partial charge in [-0.3, -0.25) is 5.43 Å². The molecule has 29 heavy (non-hydrogen) atoms. The van der Waals surface area contributed by atoms with Gasteiger partial charge < -0.3 is 5.32 Å². The molecule has 7 heteroatoms. The van der Waals surface area contributed by atoms with Crippen molar-refractivity contribution in [1.29, 1.82) is 0 Å². The van der Waals surface area contributed by atoms with Crippen molar-refractivity contribution < 1.29 is 0 Å². The molecule has 4 rings (SSSR count). The fraction of sp³-hybridized carbons (Fsp3) is 0.0455. The van der Waals surface area contributed by atoms with Crippen molar-refractivity contribution in [2.75, 3.05) is 0 Å². The van der Waals surface area contributed by atoms with Crippen LogP contribution in [0.3, 0.4) is 0 Å². The Morgan fingerprint density at radius 2 is 1.79 bits per heavy atom. The van der Waals surface area contributed by atoms with Crippen LogP contribution in [0, 0.1) is 0 Å². The van der Waals surface area contributed by atoms with E-state index in [9.17, 15) is 0 Å². The van der Waals surface area contributed by atoms with Gasteiger partial charge in [-0.05, 0) is 41.4 Å². The van der Waals surface area contributed by atoms with Crippen molar-refractivity contribution in [3.05, 3.63) is 95.5 Å². The summed E-state index contributed by atoms with van der Waals surface area (Å²) < 4.78 is 1.86. The summed E-state index contributed by atoms with van der Waals surface area (Å²) in [5.41, 5.74) is 6.83. The van der Waals surface area contributed by atoms with Crippen LogP contribution in [0.2, 0.25) is 0 Å². The summed E-state index contributed by atoms with van der Waals surface area (Å²) in [5.74, 6) is 0. The summed E-state index contributed by atoms with van der Waals surface area (Å²) in [6.07, 6.45) is 3.72. The van der Waals surface area contributed by atoms with Crippen LogP contribution in [0.5, 0.6) is 0 Å². The van der Waals surface area contributed by atoms with Gasteiger partial charge in [0.05, 0.1) is 16.8 Å². The van der Waals surface area contributed by atoms with E-state index in [1.807, 2.05) is 83.0 Å². The molecule has 144 valence electrons. The van der Waals surface area contributed by atoms with E-state index in [2.05, 4.69) is 21.9 Å². The van der Waals surface area contributed by atoms with Crippen LogP contribution in [-0.4, -0.2) is 21.1 Å². The highest BCUT2D eigenvalue weighted by atomic mass is 32.1. The third-order valence-electron chi connectivity index (χ3n) is 4.18. The second-order valence-corrected chi connectivity index (χ2v) is 7.58. The van der Waals surface area contributed by atoms with Crippen molar-refractivity contribution in [3.63, 3.8) is 0 Å². The molecule has 0 atom stereocenters. The van der Waals surface area contributed by atoms with Gasteiger partial charge in [0, 0.05) is 18.3 Å². The van der Waals surface area contributed by atoms with Crippen LogP contribution in [0.1, 0.15) is 11.1 Å². The molecule has 0 unspecified atom stereocenters. The molecular weight excluding hydrogens is 398 g/mol. The van der Waals surface area contributed by atoms with Crippen LogP contribution in [0.25, 0.3) is 16.3 Å². The SMILES string of the molecule is S=C(NCc1ccccc1)NN=Cc1cn(-c2ccccc2)nc1-c1cccs1. The van der Waals surface area contributed by atoms with Gasteiger partial charge in [-0.2, -0.15) is 10.2 Å². The Balaban J connectivity index is 1.47. The van der Waals surface area contributed by atoms with Gasteiger partial charge in [0.2, 0.25) is 0 Å². The fourth-order valence-corrected chi connectivity index (χ4v) is 3.63. The second-order valence-electron chi connectivity index (χ2n) is 6.23. The molecular formula is C22H19N5S2. The smallest absolute Gasteiger partial charge is 0.187 e. The molecule has 0 amide bonds. The number of nitrogens with zero attached hydrogens (tertiary/aromatic N) is 3. The number of hydrazone groups is 1. The van der Waals surface area contributed by atoms with E-state index >= 15 is 0 Å². The first-order valence-electron chi connectivity index (χ1n) is 9.09. The molecule has 0 spiro atoms. The van der Waals surface area contributed by atoms with Gasteiger partial charge in [0.1, 0.15) is 5.69 Å². The summed E-state index contributed by atoms with van der Waals surface area (Å²) in [7, 11) is 0. The standard InChI is InChI=1S/C22H19N5S2/c28-22(23-14-17-8-3-1-4-9-17)25-24-15-18-16-27(19-10-5-2-6-11-19)26-21(18)20-12-7-13-29-20/h1-13,15-16H,14H2,(H2,23,25,28). The summed E-state index contributed by atoms with van der Waals surface area (Å²) >= 11 is 6.96. The highest BCUT2D eigenvalue weighted by Crippen LogP contribution is 2.26. The van der Waals surface area contributed by atoms with Crippen molar-refractivity contribution >= 4 is 34.9 Å². The van der Waals surface area contributed by atoms with E-state index < -0.39 is 0 Å². The van der Waals surface area contributed by atoms with Gasteiger partial charge in [-0.15, -0.1) is 11.3 Å². The van der Waals surface area contributed by atoms with Crippen LogP contribution >= 0.6 is 23.6 Å². The van der Waals surface area contributed by atoms with E-state index in [4.69, 9.17) is 17.3 Å². The Kier molecular flexibility index (Phi) is 6.09. The van der Waals surface area contributed by atoms with Gasteiger partial charge in [0.15, 0.2) is 5.11 Å². The molecule has 0 bridgehead atoms. The van der Waals surface area contributed by atoms with Crippen molar-refractivity contribution in [2.24, 2.45) is 5.10 Å². The number of thiophene rings is 1. The molecule has 0 fully saturated rings. The quantitative estimate of drug-likeness (QED) is 0.274. The first kappa shape index (κ1) is 19.0. The Morgan fingerprint density at radius 3 is 2.52 bits per heavy atom. The topological polar surface area (TPSA) is 54.2 Å². The van der Waals surface area contributed by atoms with Crippen LogP contribution in [-0.2, 0) is 6.54 Å². The number of rotatable bonds is 6. The normalized spacial score (nSPS) is 10.9. The van der Waals surface area contributed by atoms with Gasteiger partial charge in [-0.1, -0.05) is 54.6 Å². The molecule has 0 aliphatic rings. The number of nitrogens with one attached hydrogen (secondary N) is 2. The van der Waals surface area contributed by atoms with Gasteiger partial charge in [0.25, 0.3) is 0 Å². The van der Waals surface area contributed by atoms with Crippen LogP contribution in [0.15, 0.2) is 89.5 Å². The predicted octanol–water partition coefficient (Wildman–Crippen LogP) is 4.60. The number of aromatic nitrogens is 2. The molecule has 0 saturated heterocycles. The molecule has 0 saturated carbocycles. The second kappa shape index (κ2) is 9.27. The first-order chi connectivity index (χ1) is 14.3. The maximum atomic E-state index is 5.31. The zero-order valence-corrected chi connectivity index (χ0v) is 17.2. The Labute approximate surface area is 178 Å². The third-order valence-corrected chi connectivity index (χ3v) is 5.30. The monoisotopic (exact) mass is 417 g/mol. The summed E-state index contributed by atoms with van der Waals surface area (Å²) in [6.45, 7) is 0.647. The highest BCUT2D eigenvalue weighted by Gasteiger charge is 2.11. The fourth-order valence-electron chi connectivity index (χ4n) is 2.78. The average molecular weight is 418 g/mol. The van der Waals surface area contributed by atoms with E-state index in [0.29, 0.717) is 11.7 Å². The van der Waals surface area contributed by atoms with Gasteiger partial charge in [-0.25, -0.2) is 4.68 Å². The zero-order valence-electron chi connectivity index (χ0n) is 15.5. The van der Waals surface area contributed by atoms with Crippen molar-refractivity contribution in [2.45, 2.75) is 6.54 Å².